The third kappa shape index (κ3) is 5.98. The van der Waals surface area contributed by atoms with Gasteiger partial charge in [0.05, 0.1) is 11.4 Å². The van der Waals surface area contributed by atoms with Crippen LogP contribution in [0.5, 0.6) is 0 Å². The van der Waals surface area contributed by atoms with Crippen LogP contribution >= 0.6 is 11.8 Å². The number of hydrogen-bond donors (Lipinski definition) is 2. The van der Waals surface area contributed by atoms with Gasteiger partial charge in [-0.25, -0.2) is 0 Å². The first-order valence-corrected chi connectivity index (χ1v) is 7.47. The number of methoxy groups -OCH3 is 1. The van der Waals surface area contributed by atoms with Gasteiger partial charge in [-0.2, -0.15) is 0 Å². The summed E-state index contributed by atoms with van der Waals surface area (Å²) < 4.78 is 4.92. The number of nitrogens with one attached hydrogen (secondary N) is 1. The van der Waals surface area contributed by atoms with Gasteiger partial charge in [0.1, 0.15) is 0 Å². The molecule has 0 atom stereocenters. The lowest BCUT2D eigenvalue weighted by molar-refractivity contribution is -0.116. The number of carbonyl (C=O) groups excluding carboxylic acids is 1. The van der Waals surface area contributed by atoms with Gasteiger partial charge >= 0.3 is 0 Å². The molecule has 0 aliphatic carbocycles. The van der Waals surface area contributed by atoms with Crippen molar-refractivity contribution in [1.29, 1.82) is 0 Å². The van der Waals surface area contributed by atoms with E-state index in [-0.39, 0.29) is 5.91 Å². The van der Waals surface area contributed by atoms with Crippen LogP contribution in [-0.4, -0.2) is 25.4 Å². The average Bonchev–Trinajstić information content (AvgIpc) is 2.40. The maximum atomic E-state index is 11.7. The maximum absolute atomic E-state index is 11.7. The van der Waals surface area contributed by atoms with E-state index < -0.39 is 0 Å². The lowest BCUT2D eigenvalue weighted by Crippen LogP contribution is -2.13. The second-order valence-corrected chi connectivity index (χ2v) is 5.41. The quantitative estimate of drug-likeness (QED) is 0.437. The molecular formula is C14H22N2O2S. The molecule has 0 fully saturated rings. The van der Waals surface area contributed by atoms with E-state index in [1.165, 1.54) is 0 Å². The Bertz CT molecular complexity index is 410. The fourth-order valence-electron chi connectivity index (χ4n) is 1.54. The minimum Gasteiger partial charge on any atom is -0.397 e. The Hall–Kier alpha value is -1.20. The molecule has 106 valence electrons. The molecule has 19 heavy (non-hydrogen) atoms. The van der Waals surface area contributed by atoms with Gasteiger partial charge in [-0.1, -0.05) is 6.92 Å². The van der Waals surface area contributed by atoms with E-state index in [1.807, 2.05) is 18.2 Å². The van der Waals surface area contributed by atoms with Crippen LogP contribution in [0.25, 0.3) is 0 Å². The number of hydrogen-bond acceptors (Lipinski definition) is 4. The van der Waals surface area contributed by atoms with Gasteiger partial charge in [-0.15, -0.1) is 11.8 Å². The van der Waals surface area contributed by atoms with E-state index in [2.05, 4.69) is 12.2 Å². The summed E-state index contributed by atoms with van der Waals surface area (Å²) in [6.45, 7) is 2.73. The van der Waals surface area contributed by atoms with Crippen LogP contribution < -0.4 is 11.1 Å². The number of anilines is 2. The van der Waals surface area contributed by atoms with Gasteiger partial charge in [0.25, 0.3) is 0 Å². The van der Waals surface area contributed by atoms with Crippen LogP contribution in [0.15, 0.2) is 23.1 Å². The predicted octanol–water partition coefficient (Wildman–Crippen LogP) is 3.14. The van der Waals surface area contributed by atoms with Crippen molar-refractivity contribution < 1.29 is 9.53 Å². The molecule has 0 radical (unpaired) electrons. The van der Waals surface area contributed by atoms with Crippen molar-refractivity contribution in [2.75, 3.05) is 30.5 Å². The van der Waals surface area contributed by atoms with Crippen LogP contribution in [-0.2, 0) is 9.53 Å². The van der Waals surface area contributed by atoms with Crippen molar-refractivity contribution in [2.24, 2.45) is 0 Å². The van der Waals surface area contributed by atoms with Gasteiger partial charge in [-0.3, -0.25) is 4.79 Å². The molecular weight excluding hydrogens is 260 g/mol. The zero-order valence-electron chi connectivity index (χ0n) is 11.6. The van der Waals surface area contributed by atoms with E-state index in [0.717, 1.165) is 17.1 Å². The second-order valence-electron chi connectivity index (χ2n) is 4.24. The van der Waals surface area contributed by atoms with Crippen molar-refractivity contribution >= 4 is 29.0 Å². The van der Waals surface area contributed by atoms with Crippen LogP contribution in [0.2, 0.25) is 0 Å². The molecule has 5 heteroatoms. The monoisotopic (exact) mass is 282 g/mol. The summed E-state index contributed by atoms with van der Waals surface area (Å²) in [4.78, 5) is 12.9. The largest absolute Gasteiger partial charge is 0.397 e. The number of ether oxygens (including phenoxy) is 1. The molecule has 0 aromatic heterocycles. The van der Waals surface area contributed by atoms with E-state index in [9.17, 15) is 4.79 Å². The summed E-state index contributed by atoms with van der Waals surface area (Å²) in [5.41, 5.74) is 7.17. The minimum absolute atomic E-state index is 0.0265. The first-order chi connectivity index (χ1) is 9.17. The molecule has 0 spiro atoms. The summed E-state index contributed by atoms with van der Waals surface area (Å²) in [6, 6.07) is 5.75. The number of thioether (sulfide) groups is 1. The number of amides is 1. The van der Waals surface area contributed by atoms with Crippen LogP contribution in [0.4, 0.5) is 11.4 Å². The van der Waals surface area contributed by atoms with Crippen molar-refractivity contribution in [2.45, 2.75) is 31.1 Å². The van der Waals surface area contributed by atoms with Gasteiger partial charge in [0.2, 0.25) is 5.91 Å². The van der Waals surface area contributed by atoms with E-state index in [0.29, 0.717) is 30.8 Å². The van der Waals surface area contributed by atoms with Gasteiger partial charge in [0.15, 0.2) is 0 Å². The van der Waals surface area contributed by atoms with Gasteiger partial charge in [0, 0.05) is 25.0 Å². The molecule has 3 N–H and O–H groups in total. The molecule has 1 aromatic carbocycles. The standard InChI is InChI=1S/C14H22N2O2S/c1-3-9-19-11-6-7-12(15)13(10-11)16-14(17)5-4-8-18-2/h6-7,10H,3-5,8-9,15H2,1-2H3,(H,16,17). The SMILES string of the molecule is CCCSc1ccc(N)c(NC(=O)CCCOC)c1. The van der Waals surface area contributed by atoms with Crippen LogP contribution in [0.1, 0.15) is 26.2 Å². The first-order valence-electron chi connectivity index (χ1n) is 6.48. The molecule has 0 aliphatic rings. The third-order valence-electron chi connectivity index (χ3n) is 2.52. The highest BCUT2D eigenvalue weighted by molar-refractivity contribution is 7.99. The molecule has 1 amide bonds. The number of nitrogens with two attached hydrogens (primary N) is 1. The fraction of sp³-hybridized carbons (Fsp3) is 0.500. The van der Waals surface area contributed by atoms with Crippen LogP contribution in [0.3, 0.4) is 0 Å². The van der Waals surface area contributed by atoms with Gasteiger partial charge < -0.3 is 15.8 Å². The summed E-state index contributed by atoms with van der Waals surface area (Å²) in [6.07, 6.45) is 2.28. The van der Waals surface area contributed by atoms with Crippen LogP contribution in [0, 0.1) is 0 Å². The zero-order valence-corrected chi connectivity index (χ0v) is 12.4. The Morgan fingerprint density at radius 3 is 2.95 bits per heavy atom. The molecule has 0 unspecified atom stereocenters. The van der Waals surface area contributed by atoms with E-state index in [1.54, 1.807) is 18.9 Å². The van der Waals surface area contributed by atoms with Crippen molar-refractivity contribution in [3.8, 4) is 0 Å². The molecule has 0 bridgehead atoms. The molecule has 0 saturated heterocycles. The maximum Gasteiger partial charge on any atom is 0.224 e. The molecule has 0 heterocycles. The molecule has 0 aliphatic heterocycles. The average molecular weight is 282 g/mol. The summed E-state index contributed by atoms with van der Waals surface area (Å²) in [5, 5.41) is 2.85. The topological polar surface area (TPSA) is 64.3 Å². The van der Waals surface area contributed by atoms with E-state index >= 15 is 0 Å². The van der Waals surface area contributed by atoms with Crippen molar-refractivity contribution in [3.63, 3.8) is 0 Å². The zero-order chi connectivity index (χ0) is 14.1. The molecule has 1 rings (SSSR count). The number of nitrogen functional groups attached to an aromatic ring is 1. The number of carbonyl (C=O) groups is 1. The smallest absolute Gasteiger partial charge is 0.224 e. The summed E-state index contributed by atoms with van der Waals surface area (Å²) >= 11 is 1.77. The highest BCUT2D eigenvalue weighted by atomic mass is 32.2. The summed E-state index contributed by atoms with van der Waals surface area (Å²) in [7, 11) is 1.63. The Morgan fingerprint density at radius 1 is 1.47 bits per heavy atom. The summed E-state index contributed by atoms with van der Waals surface area (Å²) in [5.74, 6) is 1.03. The Labute approximate surface area is 119 Å². The first kappa shape index (κ1) is 15.9. The molecule has 0 saturated carbocycles. The highest BCUT2D eigenvalue weighted by Gasteiger charge is 2.06. The normalized spacial score (nSPS) is 10.4. The van der Waals surface area contributed by atoms with Gasteiger partial charge in [-0.05, 0) is 36.8 Å². The lowest BCUT2D eigenvalue weighted by atomic mass is 10.2. The molecule has 1 aromatic rings. The number of benzene rings is 1. The highest BCUT2D eigenvalue weighted by Crippen LogP contribution is 2.27. The van der Waals surface area contributed by atoms with Crippen molar-refractivity contribution in [1.82, 2.24) is 0 Å². The minimum atomic E-state index is -0.0265. The fourth-order valence-corrected chi connectivity index (χ4v) is 2.35. The van der Waals surface area contributed by atoms with Crippen molar-refractivity contribution in [3.05, 3.63) is 18.2 Å². The Balaban J connectivity index is 2.58. The molecule has 4 nitrogen and oxygen atoms in total. The van der Waals surface area contributed by atoms with E-state index in [4.69, 9.17) is 10.5 Å². The third-order valence-corrected chi connectivity index (χ3v) is 3.72. The second kappa shape index (κ2) is 8.82. The lowest BCUT2D eigenvalue weighted by Gasteiger charge is -2.10. The Morgan fingerprint density at radius 2 is 2.26 bits per heavy atom. The predicted molar refractivity (Wildman–Crippen MR) is 81.6 cm³/mol. The number of rotatable bonds is 8. The Kier molecular flexibility index (Phi) is 7.36.